The predicted molar refractivity (Wildman–Crippen MR) is 110 cm³/mol. The number of nitrogens with zero attached hydrogens (tertiary/aromatic N) is 1. The van der Waals surface area contributed by atoms with Crippen LogP contribution < -0.4 is 4.74 Å². The fourth-order valence-corrected chi connectivity index (χ4v) is 4.06. The zero-order valence-electron chi connectivity index (χ0n) is 13.8. The van der Waals surface area contributed by atoms with Crippen LogP contribution in [0, 0.1) is 0 Å². The summed E-state index contributed by atoms with van der Waals surface area (Å²) in [5, 5.41) is 10.3. The predicted octanol–water partition coefficient (Wildman–Crippen LogP) is 5.71. The molecule has 0 aromatic heterocycles. The fraction of sp³-hybridized carbons (Fsp3) is 0.111. The van der Waals surface area contributed by atoms with Crippen molar-refractivity contribution in [3.8, 4) is 11.5 Å². The van der Waals surface area contributed by atoms with Gasteiger partial charge in [-0.15, -0.1) is 0 Å². The first-order valence-electron chi connectivity index (χ1n) is 7.56. The first kappa shape index (κ1) is 20.1. The lowest BCUT2D eigenvalue weighted by molar-refractivity contribution is -0.123. The van der Waals surface area contributed by atoms with E-state index in [0.29, 0.717) is 25.6 Å². The van der Waals surface area contributed by atoms with Crippen molar-refractivity contribution in [1.29, 1.82) is 0 Å². The van der Waals surface area contributed by atoms with Crippen LogP contribution in [0.25, 0.3) is 6.08 Å². The highest BCUT2D eigenvalue weighted by Crippen LogP contribution is 2.38. The van der Waals surface area contributed by atoms with Crippen molar-refractivity contribution in [2.75, 3.05) is 7.11 Å². The van der Waals surface area contributed by atoms with E-state index in [4.69, 9.17) is 27.9 Å². The monoisotopic (exact) mass is 487 g/mol. The molecular weight excluding hydrogens is 477 g/mol. The number of aromatic hydroxyl groups is 1. The molecule has 0 saturated carbocycles. The summed E-state index contributed by atoms with van der Waals surface area (Å²) in [6.45, 7) is 0.0987. The summed E-state index contributed by atoms with van der Waals surface area (Å²) in [4.78, 5) is 26.3. The molecule has 1 aliphatic heterocycles. The molecule has 27 heavy (non-hydrogen) atoms. The highest BCUT2D eigenvalue weighted by atomic mass is 79.9. The first-order valence-corrected chi connectivity index (χ1v) is 9.92. The topological polar surface area (TPSA) is 66.8 Å². The van der Waals surface area contributed by atoms with E-state index in [9.17, 15) is 14.7 Å². The normalized spacial score (nSPS) is 15.7. The summed E-state index contributed by atoms with van der Waals surface area (Å²) in [5.74, 6) is -0.188. The number of carbonyl (C=O) groups excluding carboxylic acids is 2. The Bertz CT molecular complexity index is 980. The summed E-state index contributed by atoms with van der Waals surface area (Å²) in [5.41, 5.74) is 1.30. The highest BCUT2D eigenvalue weighted by molar-refractivity contribution is 9.10. The van der Waals surface area contributed by atoms with Crippen LogP contribution in [-0.2, 0) is 11.3 Å². The van der Waals surface area contributed by atoms with Crippen molar-refractivity contribution in [1.82, 2.24) is 4.90 Å². The molecule has 5 nitrogen and oxygen atoms in total. The Balaban J connectivity index is 1.86. The summed E-state index contributed by atoms with van der Waals surface area (Å²) < 4.78 is 5.52. The molecule has 0 spiro atoms. The average Bonchev–Trinajstić information content (AvgIpc) is 2.88. The molecule has 0 atom stereocenters. The van der Waals surface area contributed by atoms with E-state index in [1.807, 2.05) is 0 Å². The van der Waals surface area contributed by atoms with Gasteiger partial charge in [-0.05, 0) is 69.2 Å². The van der Waals surface area contributed by atoms with Crippen LogP contribution in [0.5, 0.6) is 11.5 Å². The molecule has 9 heteroatoms. The smallest absolute Gasteiger partial charge is 0.293 e. The third-order valence-electron chi connectivity index (χ3n) is 3.77. The fourth-order valence-electron chi connectivity index (χ4n) is 2.44. The number of rotatable bonds is 4. The highest BCUT2D eigenvalue weighted by Gasteiger charge is 2.35. The van der Waals surface area contributed by atoms with Crippen LogP contribution in [0.15, 0.2) is 39.7 Å². The Morgan fingerprint density at radius 2 is 1.96 bits per heavy atom. The van der Waals surface area contributed by atoms with Crippen LogP contribution in [-0.4, -0.2) is 28.3 Å². The van der Waals surface area contributed by atoms with E-state index in [0.717, 1.165) is 16.7 Å². The standard InChI is InChI=1S/C18H12BrCl2NO4S/c1-26-14-6-10(4-11(19)16(14)23)7-15-17(24)22(18(25)27-15)8-9-2-3-12(20)13(21)5-9/h2-7,23H,8H2,1H3/b15-7+. The third-order valence-corrected chi connectivity index (χ3v) is 6.02. The van der Waals surface area contributed by atoms with Gasteiger partial charge in [0.2, 0.25) is 0 Å². The van der Waals surface area contributed by atoms with E-state index in [1.165, 1.54) is 7.11 Å². The van der Waals surface area contributed by atoms with Gasteiger partial charge in [-0.25, -0.2) is 0 Å². The van der Waals surface area contributed by atoms with E-state index >= 15 is 0 Å². The van der Waals surface area contributed by atoms with Crippen molar-refractivity contribution in [2.45, 2.75) is 6.54 Å². The molecule has 0 radical (unpaired) electrons. The number of hydrogen-bond donors (Lipinski definition) is 1. The number of amides is 2. The van der Waals surface area contributed by atoms with Gasteiger partial charge in [0.15, 0.2) is 11.5 Å². The minimum Gasteiger partial charge on any atom is -0.503 e. The lowest BCUT2D eigenvalue weighted by Crippen LogP contribution is -2.27. The second-order valence-electron chi connectivity index (χ2n) is 5.57. The molecule has 2 aromatic rings. The molecule has 140 valence electrons. The van der Waals surface area contributed by atoms with Gasteiger partial charge in [-0.1, -0.05) is 29.3 Å². The molecule has 2 aromatic carbocycles. The maximum Gasteiger partial charge on any atom is 0.293 e. The Morgan fingerprint density at radius 3 is 2.63 bits per heavy atom. The van der Waals surface area contributed by atoms with E-state index in [-0.39, 0.29) is 28.2 Å². The Morgan fingerprint density at radius 1 is 1.22 bits per heavy atom. The number of methoxy groups -OCH3 is 1. The third kappa shape index (κ3) is 4.27. The Hall–Kier alpha value is -1.67. The Kier molecular flexibility index (Phi) is 6.05. The maximum atomic E-state index is 12.6. The van der Waals surface area contributed by atoms with Gasteiger partial charge >= 0.3 is 0 Å². The largest absolute Gasteiger partial charge is 0.503 e. The van der Waals surface area contributed by atoms with Gasteiger partial charge in [-0.3, -0.25) is 14.5 Å². The van der Waals surface area contributed by atoms with Crippen LogP contribution >= 0.6 is 50.9 Å². The van der Waals surface area contributed by atoms with Crippen LogP contribution in [0.2, 0.25) is 10.0 Å². The van der Waals surface area contributed by atoms with Crippen molar-refractivity contribution < 1.29 is 19.4 Å². The first-order chi connectivity index (χ1) is 12.8. The number of halogens is 3. The van der Waals surface area contributed by atoms with Gasteiger partial charge in [0.1, 0.15) is 0 Å². The molecule has 1 fully saturated rings. The van der Waals surface area contributed by atoms with Crippen molar-refractivity contribution in [2.24, 2.45) is 0 Å². The van der Waals surface area contributed by atoms with E-state index in [2.05, 4.69) is 15.9 Å². The van der Waals surface area contributed by atoms with Crippen LogP contribution in [0.1, 0.15) is 11.1 Å². The second kappa shape index (κ2) is 8.14. The lowest BCUT2D eigenvalue weighted by Gasteiger charge is -2.13. The van der Waals surface area contributed by atoms with Crippen molar-refractivity contribution >= 4 is 68.1 Å². The summed E-state index contributed by atoms with van der Waals surface area (Å²) >= 11 is 16.0. The van der Waals surface area contributed by atoms with Crippen LogP contribution in [0.3, 0.4) is 0 Å². The zero-order chi connectivity index (χ0) is 19.7. The van der Waals surface area contributed by atoms with Crippen molar-refractivity contribution in [3.63, 3.8) is 0 Å². The molecule has 1 heterocycles. The number of ether oxygens (including phenoxy) is 1. The molecule has 0 unspecified atom stereocenters. The molecule has 1 saturated heterocycles. The lowest BCUT2D eigenvalue weighted by atomic mass is 10.1. The SMILES string of the molecule is COc1cc(/C=C2/SC(=O)N(Cc3ccc(Cl)c(Cl)c3)C2=O)cc(Br)c1O. The number of phenols is 1. The molecule has 0 bridgehead atoms. The zero-order valence-corrected chi connectivity index (χ0v) is 17.7. The number of imide groups is 1. The summed E-state index contributed by atoms with van der Waals surface area (Å²) in [6.07, 6.45) is 1.58. The molecule has 3 rings (SSSR count). The van der Waals surface area contributed by atoms with Gasteiger partial charge in [0, 0.05) is 0 Å². The number of carbonyl (C=O) groups is 2. The van der Waals surface area contributed by atoms with Gasteiger partial charge in [0.05, 0.1) is 33.1 Å². The minimum atomic E-state index is -0.403. The molecule has 1 aliphatic rings. The summed E-state index contributed by atoms with van der Waals surface area (Å²) in [7, 11) is 1.43. The second-order valence-corrected chi connectivity index (χ2v) is 8.23. The van der Waals surface area contributed by atoms with E-state index in [1.54, 1.807) is 36.4 Å². The quantitative estimate of drug-likeness (QED) is 0.558. The number of hydrogen-bond acceptors (Lipinski definition) is 5. The van der Waals surface area contributed by atoms with E-state index < -0.39 is 5.91 Å². The number of thioether (sulfide) groups is 1. The van der Waals surface area contributed by atoms with Crippen LogP contribution in [0.4, 0.5) is 4.79 Å². The number of phenolic OH excluding ortho intramolecular Hbond substituents is 1. The van der Waals surface area contributed by atoms with Gasteiger partial charge < -0.3 is 9.84 Å². The van der Waals surface area contributed by atoms with Crippen molar-refractivity contribution in [3.05, 3.63) is 60.9 Å². The molecular formula is C18H12BrCl2NO4S. The van der Waals surface area contributed by atoms with Gasteiger partial charge in [0.25, 0.3) is 11.1 Å². The molecule has 0 aliphatic carbocycles. The number of benzene rings is 2. The average molecular weight is 489 g/mol. The minimum absolute atomic E-state index is 0.0395. The molecule has 2 amide bonds. The molecule has 1 N–H and O–H groups in total. The Labute approximate surface area is 178 Å². The summed E-state index contributed by atoms with van der Waals surface area (Å²) in [6, 6.07) is 8.16. The maximum absolute atomic E-state index is 12.6. The van der Waals surface area contributed by atoms with Gasteiger partial charge in [-0.2, -0.15) is 0 Å².